The van der Waals surface area contributed by atoms with Gasteiger partial charge in [-0.05, 0) is 44.2 Å². The number of nitrogens with zero attached hydrogens (tertiary/aromatic N) is 1. The minimum atomic E-state index is -3.39. The van der Waals surface area contributed by atoms with E-state index >= 15 is 0 Å². The second-order valence-electron chi connectivity index (χ2n) is 6.48. The van der Waals surface area contributed by atoms with Gasteiger partial charge < -0.3 is 0 Å². The van der Waals surface area contributed by atoms with E-state index < -0.39 is 25.1 Å². The van der Waals surface area contributed by atoms with Crippen LogP contribution in [-0.2, 0) is 19.9 Å². The normalized spacial score (nSPS) is 28.8. The largest absolute Gasteiger partial charge is 0.223 e. The SMILES string of the molecule is CCCS(=O)(=O)N1C2CCC1CC(S(=O)(=O)c1ccccc1)C2. The van der Waals surface area contributed by atoms with E-state index in [0.717, 1.165) is 12.8 Å². The molecule has 0 spiro atoms. The molecule has 23 heavy (non-hydrogen) atoms. The average molecular weight is 357 g/mol. The summed E-state index contributed by atoms with van der Waals surface area (Å²) in [7, 11) is -6.65. The van der Waals surface area contributed by atoms with Crippen LogP contribution in [0, 0.1) is 0 Å². The maximum absolute atomic E-state index is 12.8. The highest BCUT2D eigenvalue weighted by atomic mass is 32.2. The van der Waals surface area contributed by atoms with Crippen molar-refractivity contribution in [3.63, 3.8) is 0 Å². The fourth-order valence-corrected chi connectivity index (χ4v) is 7.85. The summed E-state index contributed by atoms with van der Waals surface area (Å²) in [6.45, 7) is 1.85. The molecule has 128 valence electrons. The van der Waals surface area contributed by atoms with Crippen LogP contribution >= 0.6 is 0 Å². The molecule has 0 saturated carbocycles. The van der Waals surface area contributed by atoms with Gasteiger partial charge in [0, 0.05) is 12.1 Å². The van der Waals surface area contributed by atoms with Crippen molar-refractivity contribution in [3.05, 3.63) is 30.3 Å². The highest BCUT2D eigenvalue weighted by Gasteiger charge is 2.49. The Hall–Kier alpha value is -0.920. The minimum Gasteiger partial charge on any atom is -0.223 e. The molecule has 1 aromatic rings. The Kier molecular flexibility index (Phi) is 4.55. The molecule has 2 atom stereocenters. The molecule has 2 aliphatic rings. The first kappa shape index (κ1) is 16.9. The van der Waals surface area contributed by atoms with Gasteiger partial charge in [-0.2, -0.15) is 4.31 Å². The van der Waals surface area contributed by atoms with E-state index in [1.165, 1.54) is 0 Å². The maximum Gasteiger partial charge on any atom is 0.214 e. The number of piperidine rings is 1. The van der Waals surface area contributed by atoms with Crippen molar-refractivity contribution in [2.24, 2.45) is 0 Å². The summed E-state index contributed by atoms with van der Waals surface area (Å²) in [6, 6.07) is 8.17. The molecule has 0 N–H and O–H groups in total. The third-order valence-corrected chi connectivity index (χ3v) is 9.27. The van der Waals surface area contributed by atoms with Gasteiger partial charge in [-0.15, -0.1) is 0 Å². The lowest BCUT2D eigenvalue weighted by molar-refractivity contribution is 0.249. The van der Waals surface area contributed by atoms with Gasteiger partial charge in [0.25, 0.3) is 0 Å². The zero-order chi connectivity index (χ0) is 16.7. The standard InChI is InChI=1S/C16H23NO4S2/c1-2-10-22(18,19)17-13-8-9-14(17)12-16(11-13)23(20,21)15-6-4-3-5-7-15/h3-7,13-14,16H,2,8-12H2,1H3. The molecule has 2 heterocycles. The van der Waals surface area contributed by atoms with Crippen molar-refractivity contribution in [1.29, 1.82) is 0 Å². The lowest BCUT2D eigenvalue weighted by Crippen LogP contribution is -2.50. The fourth-order valence-electron chi connectivity index (χ4n) is 3.96. The number of fused-ring (bicyclic) bond motifs is 2. The first-order valence-corrected chi connectivity index (χ1v) is 11.3. The third kappa shape index (κ3) is 3.06. The molecule has 2 bridgehead atoms. The van der Waals surface area contributed by atoms with Crippen LogP contribution in [0.3, 0.4) is 0 Å². The number of hydrogen-bond acceptors (Lipinski definition) is 4. The molecular formula is C16H23NO4S2. The summed E-state index contributed by atoms with van der Waals surface area (Å²) in [5, 5.41) is -0.476. The molecule has 7 heteroatoms. The molecule has 1 aromatic carbocycles. The van der Waals surface area contributed by atoms with Crippen LogP contribution in [0.15, 0.2) is 35.2 Å². The van der Waals surface area contributed by atoms with E-state index in [1.807, 2.05) is 6.92 Å². The van der Waals surface area contributed by atoms with Crippen molar-refractivity contribution in [1.82, 2.24) is 4.31 Å². The Morgan fingerprint density at radius 1 is 1.00 bits per heavy atom. The monoisotopic (exact) mass is 357 g/mol. The van der Waals surface area contributed by atoms with Gasteiger partial charge in [0.05, 0.1) is 15.9 Å². The van der Waals surface area contributed by atoms with Gasteiger partial charge in [0.15, 0.2) is 9.84 Å². The van der Waals surface area contributed by atoms with E-state index in [1.54, 1.807) is 34.6 Å². The minimum absolute atomic E-state index is 0.149. The molecule has 5 nitrogen and oxygen atoms in total. The molecule has 2 fully saturated rings. The second-order valence-corrected chi connectivity index (χ2v) is 10.7. The lowest BCUT2D eigenvalue weighted by atomic mass is 10.1. The first-order chi connectivity index (χ1) is 10.9. The number of sulfonamides is 1. The van der Waals surface area contributed by atoms with E-state index in [9.17, 15) is 16.8 Å². The first-order valence-electron chi connectivity index (χ1n) is 8.16. The van der Waals surface area contributed by atoms with Crippen LogP contribution in [0.5, 0.6) is 0 Å². The number of rotatable bonds is 5. The Labute approximate surface area is 138 Å². The predicted molar refractivity (Wildman–Crippen MR) is 89.4 cm³/mol. The third-order valence-electron chi connectivity index (χ3n) is 4.92. The molecule has 0 aromatic heterocycles. The highest BCUT2D eigenvalue weighted by Crippen LogP contribution is 2.41. The quantitative estimate of drug-likeness (QED) is 0.810. The Morgan fingerprint density at radius 2 is 1.57 bits per heavy atom. The van der Waals surface area contributed by atoms with Crippen molar-refractivity contribution in [2.45, 2.75) is 61.3 Å². The molecule has 0 amide bonds. The summed E-state index contributed by atoms with van der Waals surface area (Å²) in [5.41, 5.74) is 0. The van der Waals surface area contributed by atoms with Crippen LogP contribution < -0.4 is 0 Å². The molecule has 2 unspecified atom stereocenters. The summed E-state index contributed by atoms with van der Waals surface area (Å²) in [4.78, 5) is 0.342. The summed E-state index contributed by atoms with van der Waals surface area (Å²) in [6.07, 6.45) is 2.96. The summed E-state index contributed by atoms with van der Waals surface area (Å²) < 4.78 is 52.2. The van der Waals surface area contributed by atoms with Gasteiger partial charge in [-0.1, -0.05) is 25.1 Å². The lowest BCUT2D eigenvalue weighted by Gasteiger charge is -2.37. The van der Waals surface area contributed by atoms with Gasteiger partial charge in [0.2, 0.25) is 10.0 Å². The second kappa shape index (κ2) is 6.18. The zero-order valence-electron chi connectivity index (χ0n) is 13.3. The highest BCUT2D eigenvalue weighted by molar-refractivity contribution is 7.92. The van der Waals surface area contributed by atoms with Crippen LogP contribution in [0.25, 0.3) is 0 Å². The van der Waals surface area contributed by atoms with Crippen molar-refractivity contribution in [3.8, 4) is 0 Å². The fraction of sp³-hybridized carbons (Fsp3) is 0.625. The van der Waals surface area contributed by atoms with Crippen LogP contribution in [-0.4, -0.2) is 44.2 Å². The Bertz CT molecular complexity index is 745. The Balaban J connectivity index is 1.85. The maximum atomic E-state index is 12.8. The molecule has 2 saturated heterocycles. The number of hydrogen-bond donors (Lipinski definition) is 0. The van der Waals surface area contributed by atoms with E-state index in [0.29, 0.717) is 24.2 Å². The van der Waals surface area contributed by atoms with Crippen LogP contribution in [0.1, 0.15) is 39.0 Å². The topological polar surface area (TPSA) is 71.5 Å². The van der Waals surface area contributed by atoms with Gasteiger partial charge in [0.1, 0.15) is 0 Å². The number of sulfone groups is 1. The summed E-state index contributed by atoms with van der Waals surface area (Å²) >= 11 is 0. The van der Waals surface area contributed by atoms with E-state index in [4.69, 9.17) is 0 Å². The van der Waals surface area contributed by atoms with E-state index in [2.05, 4.69) is 0 Å². The predicted octanol–water partition coefficient (Wildman–Crippen LogP) is 2.20. The van der Waals surface area contributed by atoms with Crippen molar-refractivity contribution >= 4 is 19.9 Å². The molecular weight excluding hydrogens is 334 g/mol. The average Bonchev–Trinajstić information content (AvgIpc) is 2.80. The smallest absolute Gasteiger partial charge is 0.214 e. The van der Waals surface area contributed by atoms with Crippen LogP contribution in [0.2, 0.25) is 0 Å². The Morgan fingerprint density at radius 3 is 2.09 bits per heavy atom. The van der Waals surface area contributed by atoms with Crippen molar-refractivity contribution in [2.75, 3.05) is 5.75 Å². The molecule has 0 radical (unpaired) electrons. The summed E-state index contributed by atoms with van der Waals surface area (Å²) in [5.74, 6) is 0.149. The van der Waals surface area contributed by atoms with Crippen LogP contribution in [0.4, 0.5) is 0 Å². The zero-order valence-corrected chi connectivity index (χ0v) is 14.9. The molecule has 3 rings (SSSR count). The molecule has 2 aliphatic heterocycles. The van der Waals surface area contributed by atoms with Gasteiger partial charge >= 0.3 is 0 Å². The van der Waals surface area contributed by atoms with E-state index in [-0.39, 0.29) is 17.8 Å². The molecule has 0 aliphatic carbocycles. The van der Waals surface area contributed by atoms with Gasteiger partial charge in [-0.3, -0.25) is 0 Å². The van der Waals surface area contributed by atoms with Gasteiger partial charge in [-0.25, -0.2) is 16.8 Å². The van der Waals surface area contributed by atoms with Crippen molar-refractivity contribution < 1.29 is 16.8 Å². The number of benzene rings is 1.